The lowest BCUT2D eigenvalue weighted by Crippen LogP contribution is -2.09. The van der Waals surface area contributed by atoms with Gasteiger partial charge in [0.05, 0.1) is 0 Å². The van der Waals surface area contributed by atoms with Crippen molar-refractivity contribution in [3.8, 4) is 11.6 Å². The zero-order valence-electron chi connectivity index (χ0n) is 10.0. The van der Waals surface area contributed by atoms with Gasteiger partial charge in [0.1, 0.15) is 5.75 Å². The van der Waals surface area contributed by atoms with Crippen LogP contribution in [0, 0.1) is 6.92 Å². The maximum atomic E-state index is 12.6. The Hall–Kier alpha value is -1.34. The number of rotatable bonds is 2. The summed E-state index contributed by atoms with van der Waals surface area (Å²) in [6.45, 7) is 1.76. The maximum Gasteiger partial charge on any atom is 0.433 e. The third-order valence-corrected chi connectivity index (χ3v) is 2.99. The van der Waals surface area contributed by atoms with Crippen molar-refractivity contribution in [1.82, 2.24) is 9.97 Å². The van der Waals surface area contributed by atoms with E-state index in [-0.39, 0.29) is 5.88 Å². The second-order valence-corrected chi connectivity index (χ2v) is 5.12. The number of ether oxygens (including phenoxy) is 1. The first-order chi connectivity index (χ1) is 9.25. The van der Waals surface area contributed by atoms with Gasteiger partial charge in [-0.25, -0.2) is 4.98 Å². The summed E-state index contributed by atoms with van der Waals surface area (Å²) in [6.07, 6.45) is -4.61. The highest BCUT2D eigenvalue weighted by Crippen LogP contribution is 2.32. The summed E-state index contributed by atoms with van der Waals surface area (Å²) < 4.78 is 43.9. The number of hydrogen-bond donors (Lipinski definition) is 0. The summed E-state index contributed by atoms with van der Waals surface area (Å²) in [5, 5.41) is -0.525. The first-order valence-electron chi connectivity index (χ1n) is 5.31. The lowest BCUT2D eigenvalue weighted by molar-refractivity contribution is -0.141. The minimum absolute atomic E-state index is 0.265. The molecule has 20 heavy (non-hydrogen) atoms. The van der Waals surface area contributed by atoms with Crippen LogP contribution in [0.3, 0.4) is 0 Å². The molecule has 2 aromatic rings. The van der Waals surface area contributed by atoms with E-state index in [9.17, 15) is 13.2 Å². The third-order valence-electron chi connectivity index (χ3n) is 2.33. The van der Waals surface area contributed by atoms with Gasteiger partial charge in [-0.3, -0.25) is 0 Å². The minimum Gasteiger partial charge on any atom is -0.439 e. The van der Waals surface area contributed by atoms with Gasteiger partial charge in [-0.15, -0.1) is 0 Å². The molecule has 0 radical (unpaired) electrons. The lowest BCUT2D eigenvalue weighted by Gasteiger charge is -2.11. The van der Waals surface area contributed by atoms with Gasteiger partial charge in [-0.2, -0.15) is 18.2 Å². The normalized spacial score (nSPS) is 11.5. The predicted molar refractivity (Wildman–Crippen MR) is 71.0 cm³/mol. The molecule has 0 aliphatic rings. The van der Waals surface area contributed by atoms with Crippen molar-refractivity contribution in [2.45, 2.75) is 13.1 Å². The van der Waals surface area contributed by atoms with Crippen LogP contribution in [-0.2, 0) is 6.18 Å². The SMILES string of the molecule is Cc1ccc(Br)cc1Oc1cc(C(F)(F)F)nc(Cl)n1. The molecular formula is C12H7BrClF3N2O. The minimum atomic E-state index is -4.61. The predicted octanol–water partition coefficient (Wildman–Crippen LogP) is 5.01. The van der Waals surface area contributed by atoms with E-state index in [2.05, 4.69) is 25.9 Å². The van der Waals surface area contributed by atoms with Gasteiger partial charge in [0.15, 0.2) is 5.69 Å². The number of hydrogen-bond acceptors (Lipinski definition) is 3. The maximum absolute atomic E-state index is 12.6. The highest BCUT2D eigenvalue weighted by atomic mass is 79.9. The Balaban J connectivity index is 2.39. The van der Waals surface area contributed by atoms with E-state index in [1.54, 1.807) is 25.1 Å². The van der Waals surface area contributed by atoms with E-state index < -0.39 is 17.2 Å². The summed E-state index contributed by atoms with van der Waals surface area (Å²) in [4.78, 5) is 6.76. The molecule has 0 bridgehead atoms. The molecule has 0 amide bonds. The van der Waals surface area contributed by atoms with E-state index >= 15 is 0 Å². The molecule has 0 unspecified atom stereocenters. The summed E-state index contributed by atoms with van der Waals surface area (Å²) in [7, 11) is 0. The highest BCUT2D eigenvalue weighted by Gasteiger charge is 2.34. The van der Waals surface area contributed by atoms with Gasteiger partial charge in [0.25, 0.3) is 0 Å². The zero-order valence-corrected chi connectivity index (χ0v) is 12.3. The molecule has 0 atom stereocenters. The van der Waals surface area contributed by atoms with Crippen LogP contribution < -0.4 is 4.74 Å². The molecule has 2 rings (SSSR count). The van der Waals surface area contributed by atoms with Gasteiger partial charge >= 0.3 is 6.18 Å². The summed E-state index contributed by atoms with van der Waals surface area (Å²) >= 11 is 8.73. The van der Waals surface area contributed by atoms with Gasteiger partial charge in [0, 0.05) is 10.5 Å². The third kappa shape index (κ3) is 3.61. The van der Waals surface area contributed by atoms with Crippen molar-refractivity contribution < 1.29 is 17.9 Å². The van der Waals surface area contributed by atoms with Crippen LogP contribution in [0.5, 0.6) is 11.6 Å². The van der Waals surface area contributed by atoms with Crippen molar-refractivity contribution in [3.05, 3.63) is 45.3 Å². The van der Waals surface area contributed by atoms with Crippen molar-refractivity contribution in [2.75, 3.05) is 0 Å². The first kappa shape index (κ1) is 15.1. The van der Waals surface area contributed by atoms with Gasteiger partial charge in [-0.1, -0.05) is 22.0 Å². The smallest absolute Gasteiger partial charge is 0.433 e. The fraction of sp³-hybridized carbons (Fsp3) is 0.167. The lowest BCUT2D eigenvalue weighted by atomic mass is 10.2. The second-order valence-electron chi connectivity index (χ2n) is 3.87. The molecule has 0 aliphatic carbocycles. The fourth-order valence-corrected chi connectivity index (χ4v) is 1.91. The Bertz CT molecular complexity index is 649. The molecule has 106 valence electrons. The van der Waals surface area contributed by atoms with E-state index in [1.165, 1.54) is 0 Å². The molecule has 0 fully saturated rings. The molecule has 1 aromatic carbocycles. The van der Waals surface area contributed by atoms with E-state index in [1.807, 2.05) is 0 Å². The molecule has 3 nitrogen and oxygen atoms in total. The highest BCUT2D eigenvalue weighted by molar-refractivity contribution is 9.10. The standard InChI is InChI=1S/C12H7BrClF3N2O/c1-6-2-3-7(13)4-8(6)20-10-5-9(12(15,16)17)18-11(14)19-10/h2-5H,1H3. The average Bonchev–Trinajstić information content (AvgIpc) is 2.32. The largest absolute Gasteiger partial charge is 0.439 e. The Kier molecular flexibility index (Phi) is 4.19. The molecule has 0 aliphatic heterocycles. The van der Waals surface area contributed by atoms with Crippen molar-refractivity contribution in [2.24, 2.45) is 0 Å². The van der Waals surface area contributed by atoms with Crippen molar-refractivity contribution in [3.63, 3.8) is 0 Å². The number of nitrogens with zero attached hydrogens (tertiary/aromatic N) is 2. The van der Waals surface area contributed by atoms with E-state index in [4.69, 9.17) is 16.3 Å². The number of halogens is 5. The molecule has 0 spiro atoms. The number of benzene rings is 1. The topological polar surface area (TPSA) is 35.0 Å². The van der Waals surface area contributed by atoms with Gasteiger partial charge in [0.2, 0.25) is 11.2 Å². The quantitative estimate of drug-likeness (QED) is 0.700. The molecule has 0 saturated heterocycles. The van der Waals surface area contributed by atoms with E-state index in [0.717, 1.165) is 10.0 Å². The summed E-state index contributed by atoms with van der Waals surface area (Å²) in [5.41, 5.74) is -0.406. The van der Waals surface area contributed by atoms with Crippen molar-refractivity contribution >= 4 is 27.5 Å². The molecule has 0 saturated carbocycles. The van der Waals surface area contributed by atoms with Crippen LogP contribution in [0.1, 0.15) is 11.3 Å². The molecule has 1 heterocycles. The number of alkyl halides is 3. The first-order valence-corrected chi connectivity index (χ1v) is 6.48. The Morgan fingerprint density at radius 3 is 2.55 bits per heavy atom. The molecule has 1 aromatic heterocycles. The molecule has 0 N–H and O–H groups in total. The van der Waals surface area contributed by atoms with Crippen LogP contribution in [0.4, 0.5) is 13.2 Å². The summed E-state index contributed by atoms with van der Waals surface area (Å²) in [5.74, 6) is 0.112. The molecular weight excluding hydrogens is 360 g/mol. The second kappa shape index (κ2) is 5.57. The Morgan fingerprint density at radius 1 is 1.20 bits per heavy atom. The summed E-state index contributed by atoms with van der Waals surface area (Å²) in [6, 6.07) is 5.87. The van der Waals surface area contributed by atoms with Crippen LogP contribution in [0.2, 0.25) is 5.28 Å². The van der Waals surface area contributed by atoms with Gasteiger partial charge < -0.3 is 4.74 Å². The van der Waals surface area contributed by atoms with Crippen molar-refractivity contribution in [1.29, 1.82) is 0 Å². The zero-order chi connectivity index (χ0) is 14.9. The van der Waals surface area contributed by atoms with E-state index in [0.29, 0.717) is 11.8 Å². The van der Waals surface area contributed by atoms with Crippen LogP contribution in [0.15, 0.2) is 28.7 Å². The number of aromatic nitrogens is 2. The van der Waals surface area contributed by atoms with Crippen LogP contribution in [-0.4, -0.2) is 9.97 Å². The average molecular weight is 368 g/mol. The van der Waals surface area contributed by atoms with Crippen LogP contribution in [0.25, 0.3) is 0 Å². The Morgan fingerprint density at radius 2 is 1.90 bits per heavy atom. The van der Waals surface area contributed by atoms with Gasteiger partial charge in [-0.05, 0) is 36.2 Å². The molecule has 8 heteroatoms. The van der Waals surface area contributed by atoms with Crippen LogP contribution >= 0.6 is 27.5 Å². The fourth-order valence-electron chi connectivity index (χ4n) is 1.39. The monoisotopic (exact) mass is 366 g/mol. The number of aryl methyl sites for hydroxylation is 1. The Labute approximate surface area is 125 Å².